The molecule has 0 aromatic heterocycles. The Hall–Kier alpha value is -0.0800. The van der Waals surface area contributed by atoms with Gasteiger partial charge in [0.25, 0.3) is 0 Å². The normalized spacial score (nSPS) is 29.6. The van der Waals surface area contributed by atoms with Crippen molar-refractivity contribution in [1.29, 1.82) is 0 Å². The third-order valence-corrected chi connectivity index (χ3v) is 3.76. The number of nitrogens with zero attached hydrogens (tertiary/aromatic N) is 1. The zero-order chi connectivity index (χ0) is 12.3. The average molecular weight is 226 g/mol. The lowest BCUT2D eigenvalue weighted by Crippen LogP contribution is -2.49. The highest BCUT2D eigenvalue weighted by Crippen LogP contribution is 2.28. The topological polar surface area (TPSA) is 15.3 Å². The van der Waals surface area contributed by atoms with Gasteiger partial charge in [-0.2, -0.15) is 0 Å². The fraction of sp³-hybridized carbons (Fsp3) is 1.00. The lowest BCUT2D eigenvalue weighted by atomic mass is 10.1. The standard InChI is InChI=1S/C14H30N2/c1-7-13-9-8-11(2)16(13)12(3)10-15-14(4,5)6/h11-13,15H,7-10H2,1-6H3. The minimum atomic E-state index is 0.235. The molecule has 1 fully saturated rings. The van der Waals surface area contributed by atoms with Crippen molar-refractivity contribution >= 4 is 0 Å². The molecule has 0 aromatic rings. The van der Waals surface area contributed by atoms with Gasteiger partial charge in [0, 0.05) is 30.2 Å². The second kappa shape index (κ2) is 5.50. The second-order valence-corrected chi connectivity index (χ2v) is 6.42. The van der Waals surface area contributed by atoms with Crippen LogP contribution in [-0.2, 0) is 0 Å². The monoisotopic (exact) mass is 226 g/mol. The molecule has 1 rings (SSSR count). The molecule has 0 aliphatic carbocycles. The summed E-state index contributed by atoms with van der Waals surface area (Å²) in [5.74, 6) is 0. The van der Waals surface area contributed by atoms with Gasteiger partial charge in [0.05, 0.1) is 0 Å². The van der Waals surface area contributed by atoms with E-state index in [1.807, 2.05) is 0 Å². The van der Waals surface area contributed by atoms with E-state index in [9.17, 15) is 0 Å². The number of hydrogen-bond donors (Lipinski definition) is 1. The summed E-state index contributed by atoms with van der Waals surface area (Å²) in [5.41, 5.74) is 0.235. The van der Waals surface area contributed by atoms with Gasteiger partial charge in [-0.3, -0.25) is 4.90 Å². The molecule has 1 heterocycles. The zero-order valence-corrected chi connectivity index (χ0v) is 12.0. The van der Waals surface area contributed by atoms with E-state index in [-0.39, 0.29) is 5.54 Å². The fourth-order valence-electron chi connectivity index (χ4n) is 2.86. The molecule has 0 spiro atoms. The predicted octanol–water partition coefficient (Wildman–Crippen LogP) is 3.03. The lowest BCUT2D eigenvalue weighted by molar-refractivity contribution is 0.135. The molecule has 0 amide bonds. The van der Waals surface area contributed by atoms with Gasteiger partial charge in [-0.1, -0.05) is 6.92 Å². The van der Waals surface area contributed by atoms with Gasteiger partial charge >= 0.3 is 0 Å². The van der Waals surface area contributed by atoms with Gasteiger partial charge in [-0.15, -0.1) is 0 Å². The van der Waals surface area contributed by atoms with Crippen LogP contribution in [0.5, 0.6) is 0 Å². The fourth-order valence-corrected chi connectivity index (χ4v) is 2.86. The van der Waals surface area contributed by atoms with Crippen molar-refractivity contribution in [3.8, 4) is 0 Å². The summed E-state index contributed by atoms with van der Waals surface area (Å²) in [5, 5.41) is 3.62. The first-order chi connectivity index (χ1) is 7.35. The lowest BCUT2D eigenvalue weighted by Gasteiger charge is -2.35. The quantitative estimate of drug-likeness (QED) is 0.792. The third-order valence-electron chi connectivity index (χ3n) is 3.76. The molecule has 0 radical (unpaired) electrons. The molecular weight excluding hydrogens is 196 g/mol. The number of nitrogens with one attached hydrogen (secondary N) is 1. The van der Waals surface area contributed by atoms with Gasteiger partial charge in [0.1, 0.15) is 0 Å². The van der Waals surface area contributed by atoms with Crippen molar-refractivity contribution in [3.63, 3.8) is 0 Å². The summed E-state index contributed by atoms with van der Waals surface area (Å²) >= 11 is 0. The van der Waals surface area contributed by atoms with E-state index in [0.29, 0.717) is 6.04 Å². The Balaban J connectivity index is 2.48. The Morgan fingerprint density at radius 3 is 2.44 bits per heavy atom. The Labute approximate surface area is 102 Å². The molecule has 0 saturated carbocycles. The van der Waals surface area contributed by atoms with Gasteiger partial charge in [-0.25, -0.2) is 0 Å². The first-order valence-corrected chi connectivity index (χ1v) is 6.87. The highest BCUT2D eigenvalue weighted by molar-refractivity contribution is 4.89. The molecule has 1 N–H and O–H groups in total. The van der Waals surface area contributed by atoms with E-state index >= 15 is 0 Å². The summed E-state index contributed by atoms with van der Waals surface area (Å²) in [7, 11) is 0. The maximum absolute atomic E-state index is 3.62. The molecular formula is C14H30N2. The van der Waals surface area contributed by atoms with Crippen LogP contribution in [0, 0.1) is 0 Å². The number of likely N-dealkylation sites (tertiary alicyclic amines) is 1. The molecule has 3 atom stereocenters. The van der Waals surface area contributed by atoms with E-state index in [4.69, 9.17) is 0 Å². The number of rotatable bonds is 4. The highest BCUT2D eigenvalue weighted by atomic mass is 15.2. The Bertz CT molecular complexity index is 207. The molecule has 2 heteroatoms. The molecule has 2 nitrogen and oxygen atoms in total. The van der Waals surface area contributed by atoms with Crippen molar-refractivity contribution in [3.05, 3.63) is 0 Å². The Morgan fingerprint density at radius 2 is 1.94 bits per heavy atom. The molecule has 1 saturated heterocycles. The smallest absolute Gasteiger partial charge is 0.0198 e. The van der Waals surface area contributed by atoms with Crippen LogP contribution in [0.2, 0.25) is 0 Å². The van der Waals surface area contributed by atoms with Gasteiger partial charge < -0.3 is 5.32 Å². The van der Waals surface area contributed by atoms with Crippen molar-refractivity contribution in [2.75, 3.05) is 6.54 Å². The van der Waals surface area contributed by atoms with Crippen molar-refractivity contribution in [1.82, 2.24) is 10.2 Å². The maximum Gasteiger partial charge on any atom is 0.0198 e. The number of hydrogen-bond acceptors (Lipinski definition) is 2. The van der Waals surface area contributed by atoms with Crippen LogP contribution in [0.25, 0.3) is 0 Å². The molecule has 16 heavy (non-hydrogen) atoms. The summed E-state index contributed by atoms with van der Waals surface area (Å²) in [6.07, 6.45) is 4.06. The first-order valence-electron chi connectivity index (χ1n) is 6.87. The Morgan fingerprint density at radius 1 is 1.31 bits per heavy atom. The van der Waals surface area contributed by atoms with Gasteiger partial charge in [0.15, 0.2) is 0 Å². The van der Waals surface area contributed by atoms with Crippen LogP contribution in [0.15, 0.2) is 0 Å². The van der Waals surface area contributed by atoms with Crippen molar-refractivity contribution < 1.29 is 0 Å². The average Bonchev–Trinajstić information content (AvgIpc) is 2.55. The van der Waals surface area contributed by atoms with Crippen LogP contribution in [0.1, 0.15) is 60.8 Å². The van der Waals surface area contributed by atoms with E-state index in [0.717, 1.165) is 18.6 Å². The molecule has 0 bridgehead atoms. The van der Waals surface area contributed by atoms with E-state index in [1.165, 1.54) is 19.3 Å². The second-order valence-electron chi connectivity index (χ2n) is 6.42. The van der Waals surface area contributed by atoms with E-state index in [1.54, 1.807) is 0 Å². The van der Waals surface area contributed by atoms with Crippen LogP contribution < -0.4 is 5.32 Å². The van der Waals surface area contributed by atoms with Crippen molar-refractivity contribution in [2.45, 2.75) is 84.5 Å². The molecule has 1 aliphatic heterocycles. The van der Waals surface area contributed by atoms with Crippen LogP contribution in [0.4, 0.5) is 0 Å². The zero-order valence-electron chi connectivity index (χ0n) is 12.0. The molecule has 96 valence electrons. The summed E-state index contributed by atoms with van der Waals surface area (Å²) in [6.45, 7) is 14.9. The SMILES string of the molecule is CCC1CCC(C)N1C(C)CNC(C)(C)C. The van der Waals surface area contributed by atoms with Crippen LogP contribution in [0.3, 0.4) is 0 Å². The highest BCUT2D eigenvalue weighted by Gasteiger charge is 2.32. The minimum absolute atomic E-state index is 0.235. The van der Waals surface area contributed by atoms with Gasteiger partial charge in [-0.05, 0) is 53.9 Å². The largest absolute Gasteiger partial charge is 0.311 e. The van der Waals surface area contributed by atoms with E-state index < -0.39 is 0 Å². The van der Waals surface area contributed by atoms with Gasteiger partial charge in [0.2, 0.25) is 0 Å². The summed E-state index contributed by atoms with van der Waals surface area (Å²) in [4.78, 5) is 2.72. The minimum Gasteiger partial charge on any atom is -0.311 e. The van der Waals surface area contributed by atoms with Crippen molar-refractivity contribution in [2.24, 2.45) is 0 Å². The third kappa shape index (κ3) is 3.74. The maximum atomic E-state index is 3.62. The first kappa shape index (κ1) is 14.0. The predicted molar refractivity (Wildman–Crippen MR) is 71.8 cm³/mol. The molecule has 3 unspecified atom stereocenters. The summed E-state index contributed by atoms with van der Waals surface area (Å²) in [6, 6.07) is 2.23. The Kier molecular flexibility index (Phi) is 4.81. The van der Waals surface area contributed by atoms with Crippen LogP contribution >= 0.6 is 0 Å². The van der Waals surface area contributed by atoms with Crippen LogP contribution in [-0.4, -0.2) is 35.1 Å². The molecule has 0 aromatic carbocycles. The summed E-state index contributed by atoms with van der Waals surface area (Å²) < 4.78 is 0. The molecule has 1 aliphatic rings. The van der Waals surface area contributed by atoms with E-state index in [2.05, 4.69) is 51.8 Å².